The van der Waals surface area contributed by atoms with Crippen LogP contribution in [0.5, 0.6) is 0 Å². The summed E-state index contributed by atoms with van der Waals surface area (Å²) in [6, 6.07) is 0. The van der Waals surface area contributed by atoms with E-state index in [-0.39, 0.29) is 0 Å². The molecule has 6 heteroatoms. The van der Waals surface area contributed by atoms with E-state index in [9.17, 15) is 0 Å². The van der Waals surface area contributed by atoms with Gasteiger partial charge in [0, 0.05) is 18.9 Å². The molecule has 0 radical (unpaired) electrons. The van der Waals surface area contributed by atoms with Crippen molar-refractivity contribution in [3.05, 3.63) is 18.6 Å². The number of nitrogens with two attached hydrogens (primary N) is 1. The fourth-order valence-electron chi connectivity index (χ4n) is 3.02. The van der Waals surface area contributed by atoms with Crippen molar-refractivity contribution < 1.29 is 0 Å². The van der Waals surface area contributed by atoms with Crippen molar-refractivity contribution in [1.82, 2.24) is 14.4 Å². The number of hydrogen-bond acceptors (Lipinski definition) is 5. The van der Waals surface area contributed by atoms with E-state index in [1.54, 1.807) is 6.20 Å². The molecule has 2 aromatic rings. The molecule has 1 aliphatic carbocycles. The van der Waals surface area contributed by atoms with Gasteiger partial charge in [0.15, 0.2) is 17.3 Å². The summed E-state index contributed by atoms with van der Waals surface area (Å²) in [7, 11) is 0. The second kappa shape index (κ2) is 6.09. The second-order valence-corrected chi connectivity index (χ2v) is 5.50. The van der Waals surface area contributed by atoms with Gasteiger partial charge in [0.1, 0.15) is 0 Å². The summed E-state index contributed by atoms with van der Waals surface area (Å²) in [5.74, 6) is 7.80. The Balaban J connectivity index is 1.59. The van der Waals surface area contributed by atoms with Crippen LogP contribution < -0.4 is 16.6 Å². The Bertz CT molecular complexity index is 558. The molecule has 0 aliphatic heterocycles. The summed E-state index contributed by atoms with van der Waals surface area (Å²) in [6.07, 6.45) is 13.6. The fraction of sp³-hybridized carbons (Fsp3) is 0.571. The zero-order valence-corrected chi connectivity index (χ0v) is 11.7. The Morgan fingerprint density at radius 1 is 1.35 bits per heavy atom. The Morgan fingerprint density at radius 3 is 3.00 bits per heavy atom. The van der Waals surface area contributed by atoms with E-state index in [1.807, 2.05) is 16.8 Å². The van der Waals surface area contributed by atoms with Crippen LogP contribution in [0.4, 0.5) is 11.6 Å². The predicted octanol–water partition coefficient (Wildman–Crippen LogP) is 2.40. The molecule has 2 heterocycles. The van der Waals surface area contributed by atoms with Crippen LogP contribution in [0.15, 0.2) is 18.6 Å². The predicted molar refractivity (Wildman–Crippen MR) is 80.5 cm³/mol. The molecule has 1 fully saturated rings. The lowest BCUT2D eigenvalue weighted by Crippen LogP contribution is -2.12. The van der Waals surface area contributed by atoms with Crippen molar-refractivity contribution in [2.75, 3.05) is 17.3 Å². The normalized spacial score (nSPS) is 15.8. The third-order valence-corrected chi connectivity index (χ3v) is 4.08. The van der Waals surface area contributed by atoms with Crippen molar-refractivity contribution in [2.24, 2.45) is 11.8 Å². The molecular formula is C14H22N6. The van der Waals surface area contributed by atoms with Crippen LogP contribution in [-0.2, 0) is 0 Å². The number of nitrogens with one attached hydrogen (secondary N) is 2. The van der Waals surface area contributed by atoms with Crippen LogP contribution in [-0.4, -0.2) is 20.9 Å². The lowest BCUT2D eigenvalue weighted by atomic mass is 10.0. The van der Waals surface area contributed by atoms with E-state index >= 15 is 0 Å². The van der Waals surface area contributed by atoms with Crippen LogP contribution in [0, 0.1) is 5.92 Å². The highest BCUT2D eigenvalue weighted by molar-refractivity contribution is 5.65. The summed E-state index contributed by atoms with van der Waals surface area (Å²) >= 11 is 0. The van der Waals surface area contributed by atoms with Crippen molar-refractivity contribution in [2.45, 2.75) is 38.5 Å². The first-order valence-electron chi connectivity index (χ1n) is 7.41. The molecule has 0 aromatic carbocycles. The average Bonchev–Trinajstić information content (AvgIpc) is 3.13. The van der Waals surface area contributed by atoms with Crippen molar-refractivity contribution in [3.63, 3.8) is 0 Å². The summed E-state index contributed by atoms with van der Waals surface area (Å²) in [4.78, 5) is 8.75. The molecule has 1 saturated carbocycles. The lowest BCUT2D eigenvalue weighted by Gasteiger charge is -2.11. The molecule has 0 amide bonds. The summed E-state index contributed by atoms with van der Waals surface area (Å²) in [5.41, 5.74) is 3.42. The van der Waals surface area contributed by atoms with Gasteiger partial charge in [-0.3, -0.25) is 0 Å². The average molecular weight is 274 g/mol. The number of rotatable bonds is 6. The highest BCUT2D eigenvalue weighted by Gasteiger charge is 2.14. The van der Waals surface area contributed by atoms with Crippen LogP contribution >= 0.6 is 0 Å². The SMILES string of the molecule is NNc1cn2ccnc2c(NCCCC2CCCC2)n1. The van der Waals surface area contributed by atoms with Crippen LogP contribution in [0.2, 0.25) is 0 Å². The standard InChI is InChI=1S/C14H22N6/c15-19-12-10-20-9-8-17-14(20)13(18-12)16-7-3-6-11-4-1-2-5-11/h8-11,19H,1-7,15H2,(H,16,18). The number of fused-ring (bicyclic) bond motifs is 1. The van der Waals surface area contributed by atoms with Gasteiger partial charge in [-0.25, -0.2) is 15.8 Å². The fourth-order valence-corrected chi connectivity index (χ4v) is 3.02. The zero-order valence-electron chi connectivity index (χ0n) is 11.7. The van der Waals surface area contributed by atoms with Gasteiger partial charge in [-0.2, -0.15) is 0 Å². The molecule has 4 N–H and O–H groups in total. The molecule has 0 spiro atoms. The smallest absolute Gasteiger partial charge is 0.180 e. The highest BCUT2D eigenvalue weighted by atomic mass is 15.3. The molecule has 1 aliphatic rings. The molecule has 0 unspecified atom stereocenters. The van der Waals surface area contributed by atoms with Gasteiger partial charge in [0.25, 0.3) is 0 Å². The van der Waals surface area contributed by atoms with E-state index in [1.165, 1.54) is 38.5 Å². The molecule has 6 nitrogen and oxygen atoms in total. The highest BCUT2D eigenvalue weighted by Crippen LogP contribution is 2.28. The van der Waals surface area contributed by atoms with Crippen LogP contribution in [0.1, 0.15) is 38.5 Å². The van der Waals surface area contributed by atoms with Crippen LogP contribution in [0.3, 0.4) is 0 Å². The summed E-state index contributed by atoms with van der Waals surface area (Å²) in [6.45, 7) is 0.931. The van der Waals surface area contributed by atoms with Gasteiger partial charge < -0.3 is 15.1 Å². The molecular weight excluding hydrogens is 252 g/mol. The monoisotopic (exact) mass is 274 g/mol. The van der Waals surface area contributed by atoms with Gasteiger partial charge >= 0.3 is 0 Å². The molecule has 3 rings (SSSR count). The topological polar surface area (TPSA) is 80.3 Å². The Labute approximate surface area is 118 Å². The Hall–Kier alpha value is -1.82. The lowest BCUT2D eigenvalue weighted by molar-refractivity contribution is 0.491. The molecule has 0 saturated heterocycles. The van der Waals surface area contributed by atoms with Crippen LogP contribution in [0.25, 0.3) is 5.65 Å². The molecule has 0 atom stereocenters. The zero-order chi connectivity index (χ0) is 13.8. The number of imidazole rings is 1. The molecule has 108 valence electrons. The first-order chi connectivity index (χ1) is 9.86. The van der Waals surface area contributed by atoms with E-state index in [4.69, 9.17) is 5.84 Å². The largest absolute Gasteiger partial charge is 0.367 e. The number of nitrogen functional groups attached to an aromatic ring is 1. The summed E-state index contributed by atoms with van der Waals surface area (Å²) < 4.78 is 1.92. The van der Waals surface area contributed by atoms with Crippen molar-refractivity contribution in [3.8, 4) is 0 Å². The van der Waals surface area contributed by atoms with E-state index in [2.05, 4.69) is 20.7 Å². The molecule has 20 heavy (non-hydrogen) atoms. The maximum absolute atomic E-state index is 5.44. The van der Waals surface area contributed by atoms with E-state index in [0.717, 1.165) is 23.9 Å². The minimum absolute atomic E-state index is 0.633. The number of aromatic nitrogens is 3. The third-order valence-electron chi connectivity index (χ3n) is 4.08. The first kappa shape index (κ1) is 13.2. The van der Waals surface area contributed by atoms with Crippen molar-refractivity contribution >= 4 is 17.3 Å². The second-order valence-electron chi connectivity index (χ2n) is 5.50. The van der Waals surface area contributed by atoms with Gasteiger partial charge in [-0.1, -0.05) is 25.7 Å². The molecule has 2 aromatic heterocycles. The first-order valence-corrected chi connectivity index (χ1v) is 7.41. The maximum atomic E-state index is 5.44. The minimum Gasteiger partial charge on any atom is -0.367 e. The number of anilines is 2. The Morgan fingerprint density at radius 2 is 2.20 bits per heavy atom. The van der Waals surface area contributed by atoms with Gasteiger partial charge in [0.2, 0.25) is 0 Å². The van der Waals surface area contributed by atoms with Gasteiger partial charge in [-0.05, 0) is 18.8 Å². The quantitative estimate of drug-likeness (QED) is 0.428. The number of hydrazine groups is 1. The minimum atomic E-state index is 0.633. The number of hydrogen-bond donors (Lipinski definition) is 3. The van der Waals surface area contributed by atoms with Gasteiger partial charge in [-0.15, -0.1) is 0 Å². The maximum Gasteiger partial charge on any atom is 0.180 e. The molecule has 0 bridgehead atoms. The van der Waals surface area contributed by atoms with E-state index in [0.29, 0.717) is 5.82 Å². The Kier molecular flexibility index (Phi) is 4.01. The third kappa shape index (κ3) is 2.85. The van der Waals surface area contributed by atoms with Crippen molar-refractivity contribution in [1.29, 1.82) is 0 Å². The van der Waals surface area contributed by atoms with E-state index < -0.39 is 0 Å². The number of nitrogens with zero attached hydrogens (tertiary/aromatic N) is 3. The van der Waals surface area contributed by atoms with Gasteiger partial charge in [0.05, 0.1) is 6.20 Å². The summed E-state index contributed by atoms with van der Waals surface area (Å²) in [5, 5.41) is 3.38.